The molecule has 2 aliphatic rings. The number of aryl methyl sites for hydroxylation is 1. The highest BCUT2D eigenvalue weighted by molar-refractivity contribution is 8.18. The maximum absolute atomic E-state index is 14.0. The summed E-state index contributed by atoms with van der Waals surface area (Å²) in [5, 5.41) is 3.00. The molecule has 6 rings (SSSR count). The molecule has 7 heteroatoms. The zero-order valence-electron chi connectivity index (χ0n) is 22.4. The Labute approximate surface area is 249 Å². The minimum absolute atomic E-state index is 0.0611. The largest absolute Gasteiger partial charge is 0.342 e. The van der Waals surface area contributed by atoms with E-state index in [1.54, 1.807) is 0 Å². The SMILES string of the molecule is CCc1ccccc1N=C1S/C(=C/c2cn(Cc3ccc(Cl)c(Cl)c3)c3ccccc23)C(=O)N1C1CCCCC1. The van der Waals surface area contributed by atoms with Gasteiger partial charge in [-0.05, 0) is 72.5 Å². The number of amidine groups is 1. The summed E-state index contributed by atoms with van der Waals surface area (Å²) in [7, 11) is 0. The van der Waals surface area contributed by atoms with Crippen LogP contribution in [0.2, 0.25) is 10.0 Å². The normalized spacial score (nSPS) is 18.5. The van der Waals surface area contributed by atoms with Crippen LogP contribution in [0.1, 0.15) is 55.7 Å². The summed E-state index contributed by atoms with van der Waals surface area (Å²) in [6.07, 6.45) is 10.7. The summed E-state index contributed by atoms with van der Waals surface area (Å²) < 4.78 is 2.21. The predicted octanol–water partition coefficient (Wildman–Crippen LogP) is 9.50. The van der Waals surface area contributed by atoms with Crippen molar-refractivity contribution in [2.45, 2.75) is 58.0 Å². The van der Waals surface area contributed by atoms with E-state index in [0.717, 1.165) is 69.9 Å². The zero-order chi connectivity index (χ0) is 27.6. The number of aromatic nitrogens is 1. The minimum atomic E-state index is 0.0611. The van der Waals surface area contributed by atoms with Gasteiger partial charge in [0.05, 0.1) is 20.6 Å². The van der Waals surface area contributed by atoms with Crippen molar-refractivity contribution in [1.82, 2.24) is 9.47 Å². The van der Waals surface area contributed by atoms with Gasteiger partial charge in [-0.1, -0.05) is 91.9 Å². The Hall–Kier alpha value is -2.99. The lowest BCUT2D eigenvalue weighted by atomic mass is 9.94. The molecule has 1 amide bonds. The average molecular weight is 589 g/mol. The lowest BCUT2D eigenvalue weighted by Crippen LogP contribution is -2.40. The number of rotatable bonds is 6. The predicted molar refractivity (Wildman–Crippen MR) is 170 cm³/mol. The molecule has 1 saturated heterocycles. The number of para-hydroxylation sites is 2. The van der Waals surface area contributed by atoms with Gasteiger partial charge in [-0.25, -0.2) is 4.99 Å². The van der Waals surface area contributed by atoms with E-state index in [2.05, 4.69) is 35.9 Å². The fourth-order valence-corrected chi connectivity index (χ4v) is 7.11. The van der Waals surface area contributed by atoms with Crippen molar-refractivity contribution in [3.05, 3.63) is 105 Å². The first-order valence-corrected chi connectivity index (χ1v) is 15.5. The molecule has 4 nitrogen and oxygen atoms in total. The van der Waals surface area contributed by atoms with Crippen LogP contribution in [0.4, 0.5) is 5.69 Å². The Balaban J connectivity index is 1.39. The second-order valence-electron chi connectivity index (χ2n) is 10.4. The highest BCUT2D eigenvalue weighted by Gasteiger charge is 2.39. The van der Waals surface area contributed by atoms with Crippen LogP contribution in [-0.4, -0.2) is 26.6 Å². The Kier molecular flexibility index (Phi) is 8.06. The molecule has 1 aromatic heterocycles. The van der Waals surface area contributed by atoms with Gasteiger partial charge < -0.3 is 4.57 Å². The molecule has 1 aliphatic heterocycles. The molecule has 0 unspecified atom stereocenters. The molecule has 40 heavy (non-hydrogen) atoms. The van der Waals surface area contributed by atoms with Crippen LogP contribution < -0.4 is 0 Å². The number of thioether (sulfide) groups is 1. The Morgan fingerprint density at radius 2 is 1.75 bits per heavy atom. The molecule has 0 radical (unpaired) electrons. The second kappa shape index (κ2) is 11.9. The highest BCUT2D eigenvalue weighted by atomic mass is 35.5. The van der Waals surface area contributed by atoms with Gasteiger partial charge in [-0.15, -0.1) is 0 Å². The first-order chi connectivity index (χ1) is 19.5. The van der Waals surface area contributed by atoms with Crippen molar-refractivity contribution in [2.75, 3.05) is 0 Å². The van der Waals surface area contributed by atoms with Crippen LogP contribution in [-0.2, 0) is 17.8 Å². The molecule has 0 N–H and O–H groups in total. The second-order valence-corrected chi connectivity index (χ2v) is 12.3. The number of halogens is 2. The monoisotopic (exact) mass is 587 g/mol. The number of amides is 1. The standard InChI is InChI=1S/C33H31Cl2N3OS/c1-2-23-10-6-8-14-29(23)36-33-38(25-11-4-3-5-12-25)32(39)31(40-33)19-24-21-37(30-15-9-7-13-26(24)30)20-22-16-17-27(34)28(35)18-22/h6-10,13-19,21,25H,2-5,11-12,20H2,1H3/b31-19+,36-33?. The minimum Gasteiger partial charge on any atom is -0.342 e. The quantitative estimate of drug-likeness (QED) is 0.211. The van der Waals surface area contributed by atoms with Crippen LogP contribution in [0.3, 0.4) is 0 Å². The summed E-state index contributed by atoms with van der Waals surface area (Å²) >= 11 is 13.9. The van der Waals surface area contributed by atoms with E-state index in [1.807, 2.05) is 59.5 Å². The maximum Gasteiger partial charge on any atom is 0.267 e. The lowest BCUT2D eigenvalue weighted by molar-refractivity contribution is -0.124. The van der Waals surface area contributed by atoms with E-state index in [4.69, 9.17) is 28.2 Å². The van der Waals surface area contributed by atoms with E-state index in [9.17, 15) is 4.79 Å². The third kappa shape index (κ3) is 5.47. The Morgan fingerprint density at radius 1 is 0.975 bits per heavy atom. The molecule has 0 spiro atoms. The molecule has 0 atom stereocenters. The number of hydrogen-bond acceptors (Lipinski definition) is 3. The van der Waals surface area contributed by atoms with Gasteiger partial charge >= 0.3 is 0 Å². The third-order valence-corrected chi connectivity index (χ3v) is 9.53. The fraction of sp³-hybridized carbons (Fsp3) is 0.273. The first kappa shape index (κ1) is 27.2. The van der Waals surface area contributed by atoms with Crippen LogP contribution in [0.25, 0.3) is 17.0 Å². The van der Waals surface area contributed by atoms with E-state index in [1.165, 1.54) is 23.7 Å². The molecule has 1 aliphatic carbocycles. The highest BCUT2D eigenvalue weighted by Crippen LogP contribution is 2.40. The number of hydrogen-bond donors (Lipinski definition) is 0. The number of benzene rings is 3. The van der Waals surface area contributed by atoms with Gasteiger partial charge in [0.15, 0.2) is 5.17 Å². The van der Waals surface area contributed by atoms with Crippen molar-refractivity contribution in [3.8, 4) is 0 Å². The molecular weight excluding hydrogens is 557 g/mol. The van der Waals surface area contributed by atoms with E-state index >= 15 is 0 Å². The van der Waals surface area contributed by atoms with E-state index in [0.29, 0.717) is 16.6 Å². The average Bonchev–Trinajstić information content (AvgIpc) is 3.48. The summed E-state index contributed by atoms with van der Waals surface area (Å²) in [4.78, 5) is 21.8. The number of carbonyl (C=O) groups excluding carboxylic acids is 1. The third-order valence-electron chi connectivity index (χ3n) is 7.81. The maximum atomic E-state index is 14.0. The van der Waals surface area contributed by atoms with Crippen molar-refractivity contribution >= 4 is 68.7 Å². The molecule has 1 saturated carbocycles. The van der Waals surface area contributed by atoms with Crippen LogP contribution in [0, 0.1) is 0 Å². The molecular formula is C33H31Cl2N3OS. The fourth-order valence-electron chi connectivity index (χ4n) is 5.74. The number of carbonyl (C=O) groups is 1. The van der Waals surface area contributed by atoms with Crippen LogP contribution >= 0.6 is 35.0 Å². The van der Waals surface area contributed by atoms with Crippen molar-refractivity contribution in [1.29, 1.82) is 0 Å². The van der Waals surface area contributed by atoms with Gasteiger partial charge in [0.25, 0.3) is 5.91 Å². The van der Waals surface area contributed by atoms with E-state index in [-0.39, 0.29) is 11.9 Å². The smallest absolute Gasteiger partial charge is 0.267 e. The van der Waals surface area contributed by atoms with Crippen molar-refractivity contribution < 1.29 is 4.79 Å². The number of nitrogens with zero attached hydrogens (tertiary/aromatic N) is 3. The van der Waals surface area contributed by atoms with Gasteiger partial charge in [0.2, 0.25) is 0 Å². The van der Waals surface area contributed by atoms with Gasteiger partial charge in [0.1, 0.15) is 0 Å². The Bertz CT molecular complexity index is 1630. The molecule has 204 valence electrons. The van der Waals surface area contributed by atoms with Crippen molar-refractivity contribution in [3.63, 3.8) is 0 Å². The van der Waals surface area contributed by atoms with Gasteiger partial charge in [-0.3, -0.25) is 9.69 Å². The topological polar surface area (TPSA) is 37.6 Å². The molecule has 0 bridgehead atoms. The number of aliphatic imine (C=N–C) groups is 1. The molecule has 3 aromatic carbocycles. The lowest BCUT2D eigenvalue weighted by Gasteiger charge is -2.30. The number of fused-ring (bicyclic) bond motifs is 1. The summed E-state index contributed by atoms with van der Waals surface area (Å²) in [6.45, 7) is 2.79. The molecule has 2 fully saturated rings. The van der Waals surface area contributed by atoms with Gasteiger partial charge in [-0.2, -0.15) is 0 Å². The van der Waals surface area contributed by atoms with E-state index < -0.39 is 0 Å². The Morgan fingerprint density at radius 3 is 2.55 bits per heavy atom. The summed E-state index contributed by atoms with van der Waals surface area (Å²) in [5.41, 5.74) is 5.32. The van der Waals surface area contributed by atoms with Crippen molar-refractivity contribution in [2.24, 2.45) is 4.99 Å². The first-order valence-electron chi connectivity index (χ1n) is 13.9. The van der Waals surface area contributed by atoms with Crippen LogP contribution in [0.5, 0.6) is 0 Å². The van der Waals surface area contributed by atoms with Crippen LogP contribution in [0.15, 0.2) is 82.8 Å². The van der Waals surface area contributed by atoms with Gasteiger partial charge in [0, 0.05) is 35.2 Å². The molecule has 4 aromatic rings. The summed E-state index contributed by atoms with van der Waals surface area (Å²) in [6, 6.07) is 22.5. The molecule has 2 heterocycles. The zero-order valence-corrected chi connectivity index (χ0v) is 24.8. The summed E-state index contributed by atoms with van der Waals surface area (Å²) in [5.74, 6) is 0.0611.